The van der Waals surface area contributed by atoms with Crippen LogP contribution in [0.4, 0.5) is 0 Å². The summed E-state index contributed by atoms with van der Waals surface area (Å²) in [5.74, 6) is 0. The molecule has 84 valence electrons. The zero-order valence-electron chi connectivity index (χ0n) is 9.00. The van der Waals surface area contributed by atoms with E-state index in [0.717, 1.165) is 17.7 Å². The van der Waals surface area contributed by atoms with Crippen LogP contribution >= 0.6 is 12.2 Å². The number of benzene rings is 1. The number of hydrogen-bond donors (Lipinski definition) is 1. The first-order chi connectivity index (χ1) is 8.34. The number of hydrogen-bond acceptors (Lipinski definition) is 3. The number of nitrogens with one attached hydrogen (secondary N) is 1. The van der Waals surface area contributed by atoms with E-state index in [1.54, 1.807) is 12.7 Å². The number of imidazole rings is 1. The first kappa shape index (κ1) is 10.2. The van der Waals surface area contributed by atoms with Gasteiger partial charge in [-0.15, -0.1) is 0 Å². The Morgan fingerprint density at radius 1 is 1.18 bits per heavy atom. The van der Waals surface area contributed by atoms with Crippen molar-refractivity contribution in [2.24, 2.45) is 0 Å². The van der Waals surface area contributed by atoms with Gasteiger partial charge in [0.2, 0.25) is 0 Å². The van der Waals surface area contributed by atoms with E-state index in [0.29, 0.717) is 4.64 Å². The summed E-state index contributed by atoms with van der Waals surface area (Å²) in [5.41, 5.74) is 2.87. The van der Waals surface area contributed by atoms with Crippen molar-refractivity contribution in [3.8, 4) is 0 Å². The number of nitrogens with zero attached hydrogens (tertiary/aromatic N) is 3. The fourth-order valence-electron chi connectivity index (χ4n) is 1.80. The highest BCUT2D eigenvalue weighted by Crippen LogP contribution is 2.11. The monoisotopic (exact) mass is 242 g/mol. The predicted octanol–water partition coefficient (Wildman–Crippen LogP) is 2.54. The normalized spacial score (nSPS) is 10.8. The van der Waals surface area contributed by atoms with Crippen LogP contribution < -0.4 is 0 Å². The molecule has 3 rings (SSSR count). The molecule has 0 aliphatic rings. The molecule has 1 N–H and O–H groups in total. The molecule has 0 atom stereocenters. The van der Waals surface area contributed by atoms with Crippen molar-refractivity contribution in [2.75, 3.05) is 0 Å². The van der Waals surface area contributed by atoms with Crippen molar-refractivity contribution in [1.29, 1.82) is 0 Å². The van der Waals surface area contributed by atoms with Crippen molar-refractivity contribution >= 4 is 23.4 Å². The first-order valence-corrected chi connectivity index (χ1v) is 5.68. The molecule has 0 aliphatic heterocycles. The van der Waals surface area contributed by atoms with Gasteiger partial charge in [-0.05, 0) is 5.56 Å². The molecule has 0 aliphatic carbocycles. The van der Waals surface area contributed by atoms with Gasteiger partial charge in [-0.3, -0.25) is 0 Å². The SMILES string of the molecule is S=c1ncn(Cc2ccccc2)c2nc[nH]c12. The minimum absolute atomic E-state index is 0.557. The second-order valence-corrected chi connectivity index (χ2v) is 4.15. The van der Waals surface area contributed by atoms with E-state index in [1.807, 2.05) is 22.8 Å². The Morgan fingerprint density at radius 2 is 2.00 bits per heavy atom. The maximum Gasteiger partial charge on any atom is 0.162 e. The zero-order valence-corrected chi connectivity index (χ0v) is 9.81. The molecule has 0 spiro atoms. The molecule has 4 nitrogen and oxygen atoms in total. The van der Waals surface area contributed by atoms with E-state index in [-0.39, 0.29) is 0 Å². The van der Waals surface area contributed by atoms with Crippen LogP contribution in [0.2, 0.25) is 0 Å². The van der Waals surface area contributed by atoms with Gasteiger partial charge in [-0.2, -0.15) is 0 Å². The number of H-pyrrole nitrogens is 1. The minimum Gasteiger partial charge on any atom is -0.341 e. The van der Waals surface area contributed by atoms with E-state index in [9.17, 15) is 0 Å². The van der Waals surface area contributed by atoms with Gasteiger partial charge < -0.3 is 9.55 Å². The molecule has 2 heterocycles. The summed E-state index contributed by atoms with van der Waals surface area (Å²) in [6.07, 6.45) is 3.38. The van der Waals surface area contributed by atoms with E-state index < -0.39 is 0 Å². The molecule has 1 aromatic carbocycles. The molecule has 0 fully saturated rings. The van der Waals surface area contributed by atoms with Crippen molar-refractivity contribution in [2.45, 2.75) is 6.54 Å². The molecule has 0 saturated heterocycles. The zero-order chi connectivity index (χ0) is 11.7. The topological polar surface area (TPSA) is 46.5 Å². The second kappa shape index (κ2) is 4.10. The molecule has 0 unspecified atom stereocenters. The van der Waals surface area contributed by atoms with Crippen LogP contribution in [0.3, 0.4) is 0 Å². The van der Waals surface area contributed by atoms with Gasteiger partial charge in [0.1, 0.15) is 5.52 Å². The predicted molar refractivity (Wildman–Crippen MR) is 68.3 cm³/mol. The summed E-state index contributed by atoms with van der Waals surface area (Å²) in [7, 11) is 0. The van der Waals surface area contributed by atoms with E-state index >= 15 is 0 Å². The summed E-state index contributed by atoms with van der Waals surface area (Å²) in [4.78, 5) is 11.5. The highest BCUT2D eigenvalue weighted by molar-refractivity contribution is 7.71. The second-order valence-electron chi connectivity index (χ2n) is 3.76. The Morgan fingerprint density at radius 3 is 2.82 bits per heavy atom. The lowest BCUT2D eigenvalue weighted by molar-refractivity contribution is 0.792. The molecule has 0 bridgehead atoms. The van der Waals surface area contributed by atoms with Crippen LogP contribution in [0.5, 0.6) is 0 Å². The van der Waals surface area contributed by atoms with Crippen molar-refractivity contribution in [1.82, 2.24) is 19.5 Å². The molecule has 0 amide bonds. The standard InChI is InChI=1S/C12H10N4S/c17-12-10-11(14-7-13-10)16(8-15-12)6-9-4-2-1-3-5-9/h1-5,7-8H,6H2,(H,13,14). The molecule has 5 heteroatoms. The largest absolute Gasteiger partial charge is 0.341 e. The number of aromatic nitrogens is 4. The Kier molecular flexibility index (Phi) is 2.45. The molecular weight excluding hydrogens is 232 g/mol. The van der Waals surface area contributed by atoms with E-state index in [2.05, 4.69) is 27.1 Å². The third kappa shape index (κ3) is 1.85. The highest BCUT2D eigenvalue weighted by atomic mass is 32.1. The van der Waals surface area contributed by atoms with Crippen molar-refractivity contribution in [3.63, 3.8) is 0 Å². The summed E-state index contributed by atoms with van der Waals surface area (Å²) in [6, 6.07) is 10.2. The fraction of sp³-hybridized carbons (Fsp3) is 0.0833. The van der Waals surface area contributed by atoms with Crippen molar-refractivity contribution < 1.29 is 0 Å². The first-order valence-electron chi connectivity index (χ1n) is 5.27. The number of aromatic amines is 1. The summed E-state index contributed by atoms with van der Waals surface area (Å²) >= 11 is 5.14. The maximum absolute atomic E-state index is 5.14. The molecular formula is C12H10N4S. The maximum atomic E-state index is 5.14. The van der Waals surface area contributed by atoms with Gasteiger partial charge in [0.25, 0.3) is 0 Å². The molecule has 2 aromatic heterocycles. The van der Waals surface area contributed by atoms with E-state index in [1.165, 1.54) is 5.56 Å². The quantitative estimate of drug-likeness (QED) is 0.702. The van der Waals surface area contributed by atoms with Crippen LogP contribution in [-0.2, 0) is 6.54 Å². The molecule has 0 saturated carbocycles. The summed E-state index contributed by atoms with van der Waals surface area (Å²) in [5, 5.41) is 0. The summed E-state index contributed by atoms with van der Waals surface area (Å²) < 4.78 is 2.54. The Balaban J connectivity index is 2.10. The van der Waals surface area contributed by atoms with Crippen molar-refractivity contribution in [3.05, 3.63) is 53.2 Å². The summed E-state index contributed by atoms with van der Waals surface area (Å²) in [6.45, 7) is 0.741. The van der Waals surface area contributed by atoms with Gasteiger partial charge in [0, 0.05) is 0 Å². The smallest absolute Gasteiger partial charge is 0.162 e. The highest BCUT2D eigenvalue weighted by Gasteiger charge is 2.04. The Labute approximate surface area is 103 Å². The molecule has 0 radical (unpaired) electrons. The third-order valence-corrected chi connectivity index (χ3v) is 2.92. The molecule has 17 heavy (non-hydrogen) atoms. The average molecular weight is 242 g/mol. The minimum atomic E-state index is 0.557. The van der Waals surface area contributed by atoms with Gasteiger partial charge in [-0.25, -0.2) is 9.97 Å². The molecule has 3 aromatic rings. The lowest BCUT2D eigenvalue weighted by Gasteiger charge is -2.06. The van der Waals surface area contributed by atoms with E-state index in [4.69, 9.17) is 12.2 Å². The van der Waals surface area contributed by atoms with Gasteiger partial charge in [0.15, 0.2) is 10.3 Å². The lowest BCUT2D eigenvalue weighted by atomic mass is 10.2. The lowest BCUT2D eigenvalue weighted by Crippen LogP contribution is -2.03. The number of fused-ring (bicyclic) bond motifs is 1. The van der Waals surface area contributed by atoms with Crippen LogP contribution in [0.1, 0.15) is 5.56 Å². The van der Waals surface area contributed by atoms with Crippen LogP contribution in [-0.4, -0.2) is 19.5 Å². The van der Waals surface area contributed by atoms with Gasteiger partial charge >= 0.3 is 0 Å². The Hall–Kier alpha value is -2.01. The van der Waals surface area contributed by atoms with Gasteiger partial charge in [-0.1, -0.05) is 42.5 Å². The Bertz CT molecular complexity index is 699. The number of rotatable bonds is 2. The fourth-order valence-corrected chi connectivity index (χ4v) is 2.00. The average Bonchev–Trinajstić information content (AvgIpc) is 2.84. The van der Waals surface area contributed by atoms with Crippen LogP contribution in [0, 0.1) is 4.64 Å². The third-order valence-electron chi connectivity index (χ3n) is 2.62. The van der Waals surface area contributed by atoms with Gasteiger partial charge in [0.05, 0.1) is 19.2 Å². The van der Waals surface area contributed by atoms with Crippen LogP contribution in [0.15, 0.2) is 43.0 Å². The van der Waals surface area contributed by atoms with Crippen LogP contribution in [0.25, 0.3) is 11.2 Å².